The molecule has 3 aromatic rings. The first kappa shape index (κ1) is 15.3. The normalized spacial score (nSPS) is 15.8. The fourth-order valence-electron chi connectivity index (χ4n) is 2.85. The number of aromatic nitrogens is 4. The monoisotopic (exact) mass is 348 g/mol. The van der Waals surface area contributed by atoms with E-state index < -0.39 is 11.9 Å². The minimum absolute atomic E-state index is 0.0814. The van der Waals surface area contributed by atoms with E-state index in [4.69, 9.17) is 11.6 Å². The Kier molecular flexibility index (Phi) is 3.43. The highest BCUT2D eigenvalue weighted by molar-refractivity contribution is 6.30. The van der Waals surface area contributed by atoms with Crippen molar-refractivity contribution in [1.82, 2.24) is 19.3 Å². The van der Waals surface area contributed by atoms with Gasteiger partial charge in [0.05, 0.1) is 17.0 Å². The summed E-state index contributed by atoms with van der Waals surface area (Å²) in [6.07, 6.45) is 2.30. The number of benzene rings is 1. The predicted molar refractivity (Wildman–Crippen MR) is 86.5 cm³/mol. The van der Waals surface area contributed by atoms with Crippen LogP contribution in [-0.4, -0.2) is 24.4 Å². The molecule has 124 valence electrons. The van der Waals surface area contributed by atoms with Crippen molar-refractivity contribution in [3.63, 3.8) is 0 Å². The maximum absolute atomic E-state index is 13.3. The SMILES string of the molecule is Cn1nc2c(=O)n(C3CC3)cnc2c1C(O)c1ccc(F)c(Cl)c1. The van der Waals surface area contributed by atoms with E-state index in [1.54, 1.807) is 11.6 Å². The highest BCUT2D eigenvalue weighted by Crippen LogP contribution is 2.34. The van der Waals surface area contributed by atoms with Crippen molar-refractivity contribution in [3.05, 3.63) is 57.0 Å². The van der Waals surface area contributed by atoms with Gasteiger partial charge in [-0.2, -0.15) is 5.10 Å². The van der Waals surface area contributed by atoms with Gasteiger partial charge in [0, 0.05) is 13.1 Å². The summed E-state index contributed by atoms with van der Waals surface area (Å²) in [5, 5.41) is 14.8. The molecule has 1 atom stereocenters. The number of rotatable bonds is 3. The van der Waals surface area contributed by atoms with Crippen molar-refractivity contribution in [2.75, 3.05) is 0 Å². The minimum Gasteiger partial charge on any atom is -0.382 e. The summed E-state index contributed by atoms with van der Waals surface area (Å²) >= 11 is 5.79. The van der Waals surface area contributed by atoms with E-state index in [-0.39, 0.29) is 22.1 Å². The zero-order valence-corrected chi connectivity index (χ0v) is 13.5. The molecule has 1 saturated carbocycles. The maximum Gasteiger partial charge on any atom is 0.282 e. The molecule has 1 fully saturated rings. The van der Waals surface area contributed by atoms with Crippen molar-refractivity contribution >= 4 is 22.6 Å². The molecule has 24 heavy (non-hydrogen) atoms. The van der Waals surface area contributed by atoms with Crippen molar-refractivity contribution in [3.8, 4) is 0 Å². The first-order chi connectivity index (χ1) is 11.5. The van der Waals surface area contributed by atoms with E-state index in [0.717, 1.165) is 12.8 Å². The van der Waals surface area contributed by atoms with E-state index in [0.29, 0.717) is 16.8 Å². The molecule has 0 amide bonds. The summed E-state index contributed by atoms with van der Waals surface area (Å²) in [7, 11) is 1.63. The lowest BCUT2D eigenvalue weighted by Crippen LogP contribution is -2.19. The van der Waals surface area contributed by atoms with Crippen LogP contribution in [0.25, 0.3) is 11.0 Å². The number of halogens is 2. The second-order valence-corrected chi connectivity index (χ2v) is 6.38. The second-order valence-electron chi connectivity index (χ2n) is 5.97. The minimum atomic E-state index is -1.12. The largest absolute Gasteiger partial charge is 0.382 e. The first-order valence-corrected chi connectivity index (χ1v) is 7.92. The van der Waals surface area contributed by atoms with Crippen molar-refractivity contribution in [2.24, 2.45) is 7.05 Å². The third-order valence-electron chi connectivity index (χ3n) is 4.27. The van der Waals surface area contributed by atoms with Crippen LogP contribution in [0.1, 0.15) is 36.2 Å². The molecule has 1 aliphatic carbocycles. The Morgan fingerprint density at radius 1 is 1.38 bits per heavy atom. The van der Waals surface area contributed by atoms with E-state index in [2.05, 4.69) is 10.1 Å². The van der Waals surface area contributed by atoms with Crippen LogP contribution in [0.3, 0.4) is 0 Å². The van der Waals surface area contributed by atoms with Crippen molar-refractivity contribution in [2.45, 2.75) is 25.0 Å². The molecule has 1 aromatic carbocycles. The Balaban J connectivity index is 1.86. The highest BCUT2D eigenvalue weighted by atomic mass is 35.5. The molecule has 1 unspecified atom stereocenters. The van der Waals surface area contributed by atoms with Crippen LogP contribution in [0.2, 0.25) is 5.02 Å². The van der Waals surface area contributed by atoms with Gasteiger partial charge in [0.25, 0.3) is 5.56 Å². The molecule has 1 N–H and O–H groups in total. The number of aryl methyl sites for hydroxylation is 1. The molecule has 0 radical (unpaired) electrons. The molecule has 2 aromatic heterocycles. The standard InChI is InChI=1S/C16H14ClFN4O2/c1-21-14(15(23)8-2-5-11(18)10(17)6-8)12-13(20-21)16(24)22(7-19-12)9-3-4-9/h2,5-7,9,15,23H,3-4H2,1H3. The van der Waals surface area contributed by atoms with Gasteiger partial charge in [-0.05, 0) is 30.5 Å². The Morgan fingerprint density at radius 2 is 2.12 bits per heavy atom. The van der Waals surface area contributed by atoms with E-state index in [1.165, 1.54) is 29.2 Å². The van der Waals surface area contributed by atoms with Gasteiger partial charge in [-0.25, -0.2) is 9.37 Å². The quantitative estimate of drug-likeness (QED) is 0.788. The molecule has 8 heteroatoms. The molecule has 0 aliphatic heterocycles. The average molecular weight is 349 g/mol. The molecule has 0 saturated heterocycles. The molecular formula is C16H14ClFN4O2. The number of fused-ring (bicyclic) bond motifs is 1. The predicted octanol–water partition coefficient (Wildman–Crippen LogP) is 2.34. The Bertz CT molecular complexity index is 1010. The fraction of sp³-hybridized carbons (Fsp3) is 0.312. The van der Waals surface area contributed by atoms with Crippen LogP contribution in [0, 0.1) is 5.82 Å². The van der Waals surface area contributed by atoms with Crippen molar-refractivity contribution in [1.29, 1.82) is 0 Å². The van der Waals surface area contributed by atoms with Crippen LogP contribution in [0.4, 0.5) is 4.39 Å². The lowest BCUT2D eigenvalue weighted by Gasteiger charge is -2.12. The summed E-state index contributed by atoms with van der Waals surface area (Å²) in [4.78, 5) is 16.9. The molecule has 2 heterocycles. The number of hydrogen-bond donors (Lipinski definition) is 1. The van der Waals surface area contributed by atoms with Gasteiger partial charge in [0.15, 0.2) is 5.52 Å². The summed E-state index contributed by atoms with van der Waals surface area (Å²) < 4.78 is 16.3. The zero-order chi connectivity index (χ0) is 17.0. The fourth-order valence-corrected chi connectivity index (χ4v) is 3.04. The molecule has 1 aliphatic rings. The van der Waals surface area contributed by atoms with Gasteiger partial charge in [0.2, 0.25) is 0 Å². The maximum atomic E-state index is 13.3. The van der Waals surface area contributed by atoms with Crippen LogP contribution >= 0.6 is 11.6 Å². The lowest BCUT2D eigenvalue weighted by atomic mass is 10.1. The van der Waals surface area contributed by atoms with Gasteiger partial charge >= 0.3 is 0 Å². The average Bonchev–Trinajstić information content (AvgIpc) is 3.32. The van der Waals surface area contributed by atoms with Gasteiger partial charge in [-0.1, -0.05) is 17.7 Å². The van der Waals surface area contributed by atoms with E-state index in [1.807, 2.05) is 0 Å². The summed E-state index contributed by atoms with van der Waals surface area (Å²) in [5.74, 6) is -0.562. The van der Waals surface area contributed by atoms with Crippen LogP contribution in [0.15, 0.2) is 29.3 Å². The Labute approximate surface area is 141 Å². The highest BCUT2D eigenvalue weighted by Gasteiger charge is 2.28. The molecule has 0 bridgehead atoms. The van der Waals surface area contributed by atoms with Gasteiger partial charge in [-0.3, -0.25) is 14.0 Å². The second kappa shape index (κ2) is 5.39. The molecule has 0 spiro atoms. The molecule has 6 nitrogen and oxygen atoms in total. The topological polar surface area (TPSA) is 72.9 Å². The lowest BCUT2D eigenvalue weighted by molar-refractivity contribution is 0.211. The first-order valence-electron chi connectivity index (χ1n) is 7.54. The number of hydrogen-bond acceptors (Lipinski definition) is 4. The zero-order valence-electron chi connectivity index (χ0n) is 12.8. The van der Waals surface area contributed by atoms with Gasteiger partial charge < -0.3 is 5.11 Å². The van der Waals surface area contributed by atoms with E-state index in [9.17, 15) is 14.3 Å². The third kappa shape index (κ3) is 2.32. The molecule has 4 rings (SSSR count). The van der Waals surface area contributed by atoms with Crippen molar-refractivity contribution < 1.29 is 9.50 Å². The smallest absolute Gasteiger partial charge is 0.282 e. The van der Waals surface area contributed by atoms with Crippen LogP contribution < -0.4 is 5.56 Å². The number of aliphatic hydroxyl groups is 1. The Morgan fingerprint density at radius 3 is 2.79 bits per heavy atom. The number of nitrogens with zero attached hydrogens (tertiary/aromatic N) is 4. The Hall–Kier alpha value is -2.25. The molecular weight excluding hydrogens is 335 g/mol. The van der Waals surface area contributed by atoms with E-state index >= 15 is 0 Å². The van der Waals surface area contributed by atoms with Gasteiger partial charge in [-0.15, -0.1) is 0 Å². The summed E-state index contributed by atoms with van der Waals surface area (Å²) in [5.41, 5.74) is 1.11. The number of aliphatic hydroxyl groups excluding tert-OH is 1. The van der Waals surface area contributed by atoms with Crippen LogP contribution in [0.5, 0.6) is 0 Å². The summed E-state index contributed by atoms with van der Waals surface area (Å²) in [6, 6.07) is 4.18. The summed E-state index contributed by atoms with van der Waals surface area (Å²) in [6.45, 7) is 0. The third-order valence-corrected chi connectivity index (χ3v) is 4.56. The van der Waals surface area contributed by atoms with Gasteiger partial charge in [0.1, 0.15) is 17.4 Å². The van der Waals surface area contributed by atoms with Crippen LogP contribution in [-0.2, 0) is 7.05 Å².